The molecule has 6 heteroatoms. The second kappa shape index (κ2) is 10.3. The molecule has 2 aromatic carbocycles. The predicted octanol–water partition coefficient (Wildman–Crippen LogP) is 4.19. The minimum Gasteiger partial charge on any atom is -0.388 e. The van der Waals surface area contributed by atoms with Crippen LogP contribution >= 0.6 is 0 Å². The zero-order chi connectivity index (χ0) is 25.0. The first-order valence-electron chi connectivity index (χ1n) is 12.1. The molecule has 0 bridgehead atoms. The highest BCUT2D eigenvalue weighted by Gasteiger charge is 2.49. The molecule has 0 radical (unpaired) electrons. The maximum atomic E-state index is 13.8. The lowest BCUT2D eigenvalue weighted by Gasteiger charge is -2.40. The summed E-state index contributed by atoms with van der Waals surface area (Å²) in [5.41, 5.74) is -2.19. The van der Waals surface area contributed by atoms with E-state index in [0.717, 1.165) is 30.4 Å². The number of nitrogens with one attached hydrogen (secondary N) is 2. The minimum atomic E-state index is -1.27. The van der Waals surface area contributed by atoms with E-state index in [4.69, 9.17) is 0 Å². The molecule has 1 fully saturated rings. The highest BCUT2D eigenvalue weighted by molar-refractivity contribution is 6.05. The smallest absolute Gasteiger partial charge is 0.236 e. The van der Waals surface area contributed by atoms with Gasteiger partial charge in [-0.05, 0) is 51.7 Å². The third kappa shape index (κ3) is 5.86. The Labute approximate surface area is 202 Å². The first-order valence-corrected chi connectivity index (χ1v) is 12.1. The Bertz CT molecular complexity index is 882. The first kappa shape index (κ1) is 25.9. The zero-order valence-electron chi connectivity index (χ0n) is 20.7. The van der Waals surface area contributed by atoms with Gasteiger partial charge < -0.3 is 20.8 Å². The molecule has 0 spiro atoms. The van der Waals surface area contributed by atoms with Crippen molar-refractivity contribution in [3.63, 3.8) is 0 Å². The number of benzene rings is 2. The maximum absolute atomic E-state index is 13.8. The molecule has 2 atom stereocenters. The summed E-state index contributed by atoms with van der Waals surface area (Å²) in [5.74, 6) is -0.772. The van der Waals surface area contributed by atoms with Crippen LogP contribution in [0.5, 0.6) is 0 Å². The third-order valence-electron chi connectivity index (χ3n) is 6.81. The molecule has 34 heavy (non-hydrogen) atoms. The maximum Gasteiger partial charge on any atom is 0.236 e. The number of rotatable bonds is 8. The van der Waals surface area contributed by atoms with Crippen LogP contribution in [0.3, 0.4) is 0 Å². The number of carbonyl (C=O) groups excluding carboxylic acids is 2. The van der Waals surface area contributed by atoms with E-state index in [2.05, 4.69) is 10.6 Å². The molecule has 3 rings (SSSR count). The summed E-state index contributed by atoms with van der Waals surface area (Å²) in [4.78, 5) is 27.6. The fraction of sp³-hybridized carbons (Fsp3) is 0.500. The number of hydrogen-bond acceptors (Lipinski definition) is 4. The van der Waals surface area contributed by atoms with Crippen molar-refractivity contribution < 1.29 is 19.8 Å². The molecule has 0 heterocycles. The molecule has 2 aromatic rings. The van der Waals surface area contributed by atoms with Crippen molar-refractivity contribution in [3.05, 3.63) is 71.8 Å². The topological polar surface area (TPSA) is 98.7 Å². The van der Waals surface area contributed by atoms with Crippen LogP contribution in [0.2, 0.25) is 0 Å². The van der Waals surface area contributed by atoms with Crippen LogP contribution in [-0.2, 0) is 9.59 Å². The quantitative estimate of drug-likeness (QED) is 0.438. The van der Waals surface area contributed by atoms with Crippen LogP contribution in [0.1, 0.15) is 83.0 Å². The molecule has 2 amide bonds. The van der Waals surface area contributed by atoms with E-state index < -0.39 is 28.7 Å². The van der Waals surface area contributed by atoms with E-state index in [0.29, 0.717) is 12.8 Å². The van der Waals surface area contributed by atoms with Crippen molar-refractivity contribution in [3.8, 4) is 0 Å². The van der Waals surface area contributed by atoms with E-state index in [1.807, 2.05) is 60.7 Å². The summed E-state index contributed by atoms with van der Waals surface area (Å²) in [7, 11) is 0. The standard InChI is InChI=1S/C28H38N2O4/c1-26(2,33)22(20-14-8-5-9-15-20)29-24(31)28(18-12-7-13-19-28)25(32)30-23(27(3,4)34)21-16-10-6-11-17-21/h5-6,8-11,14-17,22-23,33-34H,7,12-13,18-19H2,1-4H3,(H,29,31)(H,30,32)/t22-,23-/m1/s1. The normalized spacial score (nSPS) is 17.9. The van der Waals surface area contributed by atoms with Gasteiger partial charge in [-0.3, -0.25) is 9.59 Å². The van der Waals surface area contributed by atoms with Crippen molar-refractivity contribution in [2.45, 2.75) is 83.1 Å². The number of aliphatic hydroxyl groups is 2. The van der Waals surface area contributed by atoms with E-state index in [-0.39, 0.29) is 11.8 Å². The van der Waals surface area contributed by atoms with Crippen LogP contribution in [0.25, 0.3) is 0 Å². The largest absolute Gasteiger partial charge is 0.388 e. The van der Waals surface area contributed by atoms with E-state index in [1.165, 1.54) is 0 Å². The monoisotopic (exact) mass is 466 g/mol. The van der Waals surface area contributed by atoms with Crippen LogP contribution in [0.15, 0.2) is 60.7 Å². The highest BCUT2D eigenvalue weighted by Crippen LogP contribution is 2.40. The highest BCUT2D eigenvalue weighted by atomic mass is 16.3. The van der Waals surface area contributed by atoms with Gasteiger partial charge in [-0.2, -0.15) is 0 Å². The van der Waals surface area contributed by atoms with Gasteiger partial charge in [0.25, 0.3) is 0 Å². The number of amides is 2. The lowest BCUT2D eigenvalue weighted by Crippen LogP contribution is -2.57. The van der Waals surface area contributed by atoms with Gasteiger partial charge in [0, 0.05) is 0 Å². The molecule has 6 nitrogen and oxygen atoms in total. The average molecular weight is 467 g/mol. The van der Waals surface area contributed by atoms with Crippen LogP contribution < -0.4 is 10.6 Å². The summed E-state index contributed by atoms with van der Waals surface area (Å²) in [6, 6.07) is 17.3. The van der Waals surface area contributed by atoms with Gasteiger partial charge in [0.1, 0.15) is 5.41 Å². The van der Waals surface area contributed by atoms with Gasteiger partial charge in [0.2, 0.25) is 11.8 Å². The van der Waals surface area contributed by atoms with Crippen molar-refractivity contribution in [2.75, 3.05) is 0 Å². The van der Waals surface area contributed by atoms with E-state index in [1.54, 1.807) is 27.7 Å². The summed E-state index contributed by atoms with van der Waals surface area (Å²) in [5, 5.41) is 27.7. The summed E-state index contributed by atoms with van der Waals surface area (Å²) >= 11 is 0. The van der Waals surface area contributed by atoms with Gasteiger partial charge in [-0.25, -0.2) is 0 Å². The summed E-state index contributed by atoms with van der Waals surface area (Å²) < 4.78 is 0. The Morgan fingerprint density at radius 1 is 0.706 bits per heavy atom. The van der Waals surface area contributed by atoms with Crippen molar-refractivity contribution in [1.29, 1.82) is 0 Å². The second-order valence-corrected chi connectivity index (χ2v) is 10.6. The van der Waals surface area contributed by atoms with Crippen molar-refractivity contribution >= 4 is 11.8 Å². The van der Waals surface area contributed by atoms with Gasteiger partial charge >= 0.3 is 0 Å². The molecule has 1 aliphatic rings. The molecule has 1 saturated carbocycles. The zero-order valence-corrected chi connectivity index (χ0v) is 20.7. The molecule has 184 valence electrons. The van der Waals surface area contributed by atoms with Crippen LogP contribution in [-0.4, -0.2) is 33.2 Å². The second-order valence-electron chi connectivity index (χ2n) is 10.6. The lowest BCUT2D eigenvalue weighted by molar-refractivity contribution is -0.149. The molecular weight excluding hydrogens is 428 g/mol. The van der Waals surface area contributed by atoms with Crippen LogP contribution in [0, 0.1) is 5.41 Å². The summed E-state index contributed by atoms with van der Waals surface area (Å²) in [6.45, 7) is 6.60. The Balaban J connectivity index is 1.92. The minimum absolute atomic E-state index is 0.386. The van der Waals surface area contributed by atoms with Gasteiger partial charge in [-0.15, -0.1) is 0 Å². The number of hydrogen-bond donors (Lipinski definition) is 4. The third-order valence-corrected chi connectivity index (χ3v) is 6.81. The number of carbonyl (C=O) groups is 2. The van der Waals surface area contributed by atoms with E-state index >= 15 is 0 Å². The Morgan fingerprint density at radius 3 is 1.38 bits per heavy atom. The first-order chi connectivity index (χ1) is 15.9. The van der Waals surface area contributed by atoms with Gasteiger partial charge in [0.05, 0.1) is 23.3 Å². The lowest BCUT2D eigenvalue weighted by atomic mass is 9.71. The molecule has 0 unspecified atom stereocenters. The van der Waals surface area contributed by atoms with Crippen LogP contribution in [0.4, 0.5) is 0 Å². The molecule has 0 saturated heterocycles. The molecular formula is C28H38N2O4. The van der Waals surface area contributed by atoms with Gasteiger partial charge in [-0.1, -0.05) is 79.9 Å². The molecule has 4 N–H and O–H groups in total. The Hall–Kier alpha value is -2.70. The van der Waals surface area contributed by atoms with E-state index in [9.17, 15) is 19.8 Å². The molecule has 0 aliphatic heterocycles. The fourth-order valence-electron chi connectivity index (χ4n) is 4.88. The molecule has 1 aliphatic carbocycles. The Morgan fingerprint density at radius 2 is 1.06 bits per heavy atom. The molecule has 0 aromatic heterocycles. The summed E-state index contributed by atoms with van der Waals surface area (Å²) in [6.07, 6.45) is 3.33. The van der Waals surface area contributed by atoms with Gasteiger partial charge in [0.15, 0.2) is 0 Å². The average Bonchev–Trinajstić information content (AvgIpc) is 2.80. The predicted molar refractivity (Wildman–Crippen MR) is 133 cm³/mol. The SMILES string of the molecule is CC(C)(O)[C@H](NC(=O)C1(C(=O)N[C@H](c2ccccc2)C(C)(C)O)CCCCC1)c1ccccc1. The Kier molecular flexibility index (Phi) is 7.84. The fourth-order valence-corrected chi connectivity index (χ4v) is 4.88. The van der Waals surface area contributed by atoms with Crippen molar-refractivity contribution in [1.82, 2.24) is 10.6 Å². The van der Waals surface area contributed by atoms with Crippen molar-refractivity contribution in [2.24, 2.45) is 5.41 Å².